The highest BCUT2D eigenvalue weighted by atomic mass is 127. The molecule has 3 rings (SSSR count). The Bertz CT molecular complexity index is 1030. The second-order valence-electron chi connectivity index (χ2n) is 5.17. The Morgan fingerprint density at radius 1 is 1.00 bits per heavy atom. The lowest BCUT2D eigenvalue weighted by atomic mass is 10.1. The topological polar surface area (TPSA) is 68.9 Å². The molecule has 0 spiro atoms. The molecule has 1 N–H and O–H groups in total. The van der Waals surface area contributed by atoms with Gasteiger partial charge in [0.15, 0.2) is 5.43 Å². The van der Waals surface area contributed by atoms with Crippen LogP contribution >= 0.6 is 22.6 Å². The average molecular weight is 496 g/mol. The molecule has 0 radical (unpaired) electrons. The SMILES string of the molecule is O=c1cc(-c2ccc(OC(F)F)cc2)oc2cc(OC(F)F)c(I)c(O)c12. The van der Waals surface area contributed by atoms with Crippen LogP contribution in [0, 0.1) is 3.57 Å². The Labute approximate surface area is 162 Å². The zero-order valence-electron chi connectivity index (χ0n) is 13.1. The van der Waals surface area contributed by atoms with Gasteiger partial charge >= 0.3 is 13.2 Å². The summed E-state index contributed by atoms with van der Waals surface area (Å²) in [6, 6.07) is 7.43. The minimum atomic E-state index is -3.13. The molecule has 0 saturated heterocycles. The molecular formula is C17H9F4IO5. The van der Waals surface area contributed by atoms with Crippen LogP contribution in [-0.2, 0) is 0 Å². The minimum Gasteiger partial charge on any atom is -0.506 e. The van der Waals surface area contributed by atoms with E-state index in [4.69, 9.17) is 4.42 Å². The van der Waals surface area contributed by atoms with Gasteiger partial charge in [-0.15, -0.1) is 0 Å². The summed E-state index contributed by atoms with van der Waals surface area (Å²) in [4.78, 5) is 12.4. The van der Waals surface area contributed by atoms with Gasteiger partial charge in [0.2, 0.25) is 0 Å². The number of halogens is 5. The Hall–Kier alpha value is -2.50. The summed E-state index contributed by atoms with van der Waals surface area (Å²) in [7, 11) is 0. The molecular weight excluding hydrogens is 487 g/mol. The van der Waals surface area contributed by atoms with Gasteiger partial charge in [-0.1, -0.05) is 0 Å². The van der Waals surface area contributed by atoms with Gasteiger partial charge in [0, 0.05) is 17.7 Å². The monoisotopic (exact) mass is 496 g/mol. The molecule has 27 heavy (non-hydrogen) atoms. The fraction of sp³-hybridized carbons (Fsp3) is 0.118. The third kappa shape index (κ3) is 4.10. The van der Waals surface area contributed by atoms with E-state index in [-0.39, 0.29) is 31.8 Å². The van der Waals surface area contributed by atoms with Gasteiger partial charge < -0.3 is 19.0 Å². The maximum atomic E-state index is 12.5. The number of aromatic hydroxyl groups is 1. The van der Waals surface area contributed by atoms with Crippen molar-refractivity contribution < 1.29 is 36.6 Å². The van der Waals surface area contributed by atoms with Crippen molar-refractivity contribution in [2.75, 3.05) is 0 Å². The highest BCUT2D eigenvalue weighted by molar-refractivity contribution is 14.1. The van der Waals surface area contributed by atoms with Crippen molar-refractivity contribution in [3.8, 4) is 28.6 Å². The highest BCUT2D eigenvalue weighted by Crippen LogP contribution is 2.37. The normalized spacial score (nSPS) is 11.4. The molecule has 3 aromatic rings. The molecule has 0 amide bonds. The average Bonchev–Trinajstić information content (AvgIpc) is 2.58. The first-order valence-corrected chi connectivity index (χ1v) is 8.33. The maximum Gasteiger partial charge on any atom is 0.387 e. The third-order valence-corrected chi connectivity index (χ3v) is 4.52. The van der Waals surface area contributed by atoms with E-state index in [2.05, 4.69) is 9.47 Å². The first kappa shape index (κ1) is 19.3. The molecule has 0 aliphatic carbocycles. The van der Waals surface area contributed by atoms with Crippen LogP contribution in [0.25, 0.3) is 22.3 Å². The number of phenols is 1. The van der Waals surface area contributed by atoms with Crippen molar-refractivity contribution in [1.29, 1.82) is 0 Å². The molecule has 10 heteroatoms. The summed E-state index contributed by atoms with van der Waals surface area (Å²) in [5.41, 5.74) is -0.429. The molecule has 5 nitrogen and oxygen atoms in total. The number of benzene rings is 2. The lowest BCUT2D eigenvalue weighted by Crippen LogP contribution is -2.06. The van der Waals surface area contributed by atoms with Crippen LogP contribution in [-0.4, -0.2) is 18.3 Å². The van der Waals surface area contributed by atoms with Crippen LogP contribution in [0.15, 0.2) is 45.6 Å². The Kier molecular flexibility index (Phi) is 5.44. The van der Waals surface area contributed by atoms with Gasteiger partial charge in [-0.2, -0.15) is 17.6 Å². The van der Waals surface area contributed by atoms with Gasteiger partial charge in [0.1, 0.15) is 34.0 Å². The molecule has 2 aromatic carbocycles. The second kappa shape index (κ2) is 7.62. The first-order valence-electron chi connectivity index (χ1n) is 7.25. The van der Waals surface area contributed by atoms with Gasteiger partial charge in [-0.05, 0) is 46.9 Å². The number of ether oxygens (including phenoxy) is 2. The van der Waals surface area contributed by atoms with Crippen molar-refractivity contribution in [3.63, 3.8) is 0 Å². The largest absolute Gasteiger partial charge is 0.506 e. The zero-order chi connectivity index (χ0) is 19.7. The van der Waals surface area contributed by atoms with Crippen LogP contribution in [0.2, 0.25) is 0 Å². The standard InChI is InChI=1S/C17H9F4IO5/c18-16(19)25-8-3-1-7(2-4-8)10-5-9(23)13-11(26-10)6-12(27-17(20)21)14(22)15(13)24/h1-6,16-17,24H. The minimum absolute atomic E-state index is 0.0414. The van der Waals surface area contributed by atoms with Crippen LogP contribution in [0.4, 0.5) is 17.6 Å². The lowest BCUT2D eigenvalue weighted by Gasteiger charge is -2.11. The van der Waals surface area contributed by atoms with Crippen LogP contribution in [0.1, 0.15) is 0 Å². The molecule has 0 aliphatic rings. The molecule has 0 bridgehead atoms. The number of hydrogen-bond donors (Lipinski definition) is 1. The summed E-state index contributed by atoms with van der Waals surface area (Å²) < 4.78 is 63.5. The summed E-state index contributed by atoms with van der Waals surface area (Å²) in [5, 5.41) is 9.94. The van der Waals surface area contributed by atoms with E-state index in [1.54, 1.807) is 22.6 Å². The summed E-state index contributed by atoms with van der Waals surface area (Å²) in [6.45, 7) is -6.11. The van der Waals surface area contributed by atoms with E-state index in [0.717, 1.165) is 12.1 Å². The fourth-order valence-electron chi connectivity index (χ4n) is 2.38. The van der Waals surface area contributed by atoms with Crippen molar-refractivity contribution in [1.82, 2.24) is 0 Å². The number of phenolic OH excluding ortho intramolecular Hbond substituents is 1. The Morgan fingerprint density at radius 3 is 2.22 bits per heavy atom. The van der Waals surface area contributed by atoms with Gasteiger partial charge in [-0.3, -0.25) is 4.79 Å². The summed E-state index contributed by atoms with van der Waals surface area (Å²) in [5.74, 6) is -0.933. The molecule has 0 atom stereocenters. The number of fused-ring (bicyclic) bond motifs is 1. The van der Waals surface area contributed by atoms with Gasteiger partial charge in [0.25, 0.3) is 0 Å². The Morgan fingerprint density at radius 2 is 1.63 bits per heavy atom. The van der Waals surface area contributed by atoms with E-state index in [0.29, 0.717) is 5.56 Å². The second-order valence-corrected chi connectivity index (χ2v) is 6.25. The first-order chi connectivity index (χ1) is 12.8. The van der Waals surface area contributed by atoms with E-state index >= 15 is 0 Å². The molecule has 142 valence electrons. The molecule has 0 saturated carbocycles. The number of alkyl halides is 4. The molecule has 0 unspecified atom stereocenters. The predicted octanol–water partition coefficient (Wildman–Crippen LogP) is 4.97. The third-order valence-electron chi connectivity index (χ3n) is 3.48. The highest BCUT2D eigenvalue weighted by Gasteiger charge is 2.19. The molecule has 1 aromatic heterocycles. The summed E-state index contributed by atoms with van der Waals surface area (Å²) in [6.07, 6.45) is 0. The van der Waals surface area contributed by atoms with Gasteiger partial charge in [-0.25, -0.2) is 0 Å². The predicted molar refractivity (Wildman–Crippen MR) is 95.6 cm³/mol. The summed E-state index contributed by atoms with van der Waals surface area (Å²) >= 11 is 1.57. The smallest absolute Gasteiger partial charge is 0.387 e. The number of hydrogen-bond acceptors (Lipinski definition) is 5. The number of rotatable bonds is 5. The van der Waals surface area contributed by atoms with Crippen molar-refractivity contribution in [2.45, 2.75) is 13.2 Å². The lowest BCUT2D eigenvalue weighted by molar-refractivity contribution is -0.0509. The van der Waals surface area contributed by atoms with Crippen molar-refractivity contribution >= 4 is 33.6 Å². The van der Waals surface area contributed by atoms with E-state index in [1.807, 2.05) is 0 Å². The Balaban J connectivity index is 2.10. The quantitative estimate of drug-likeness (QED) is 0.399. The molecule has 0 aliphatic heterocycles. The fourth-order valence-corrected chi connectivity index (χ4v) is 2.93. The molecule has 0 fully saturated rings. The van der Waals surface area contributed by atoms with Crippen LogP contribution in [0.3, 0.4) is 0 Å². The van der Waals surface area contributed by atoms with E-state index in [1.165, 1.54) is 24.3 Å². The van der Waals surface area contributed by atoms with Crippen LogP contribution in [0.5, 0.6) is 17.2 Å². The zero-order valence-corrected chi connectivity index (χ0v) is 15.2. The van der Waals surface area contributed by atoms with Crippen LogP contribution < -0.4 is 14.9 Å². The van der Waals surface area contributed by atoms with E-state index < -0.39 is 24.4 Å². The molecule has 1 heterocycles. The maximum absolute atomic E-state index is 12.5. The van der Waals surface area contributed by atoms with Gasteiger partial charge in [0.05, 0.1) is 3.57 Å². The van der Waals surface area contributed by atoms with E-state index in [9.17, 15) is 27.5 Å². The van der Waals surface area contributed by atoms with Crippen molar-refractivity contribution in [2.24, 2.45) is 0 Å². The van der Waals surface area contributed by atoms with Crippen molar-refractivity contribution in [3.05, 3.63) is 50.2 Å².